The Morgan fingerprint density at radius 3 is 2.68 bits per heavy atom. The van der Waals surface area contributed by atoms with Gasteiger partial charge in [0.1, 0.15) is 5.82 Å². The van der Waals surface area contributed by atoms with Gasteiger partial charge in [0.05, 0.1) is 12.1 Å². The van der Waals surface area contributed by atoms with Crippen molar-refractivity contribution in [2.45, 2.75) is 38.4 Å². The van der Waals surface area contributed by atoms with E-state index in [1.807, 2.05) is 17.8 Å². The third-order valence-corrected chi connectivity index (χ3v) is 5.16. The standard InChI is InChI=1S/C20H25F3N4O/c1-26-12-10-24-18(26)14-27-11-2-3-15(13-27)4-9-19(28)25-17-7-5-16(6-8-17)20(21,22)23/h5-8,10,12,15H,2-4,9,11,13-14H2,1H3,(H,25,28). The van der Waals surface area contributed by atoms with Crippen LogP contribution in [0.3, 0.4) is 0 Å². The van der Waals surface area contributed by atoms with E-state index >= 15 is 0 Å². The molecule has 5 nitrogen and oxygen atoms in total. The Hall–Kier alpha value is -2.35. The molecule has 1 aliphatic heterocycles. The fourth-order valence-electron chi connectivity index (χ4n) is 3.58. The van der Waals surface area contributed by atoms with Crippen LogP contribution in [0.15, 0.2) is 36.7 Å². The summed E-state index contributed by atoms with van der Waals surface area (Å²) in [7, 11) is 1.98. The molecule has 28 heavy (non-hydrogen) atoms. The quantitative estimate of drug-likeness (QED) is 0.804. The van der Waals surface area contributed by atoms with Crippen LogP contribution in [-0.2, 0) is 24.6 Å². The van der Waals surface area contributed by atoms with E-state index in [9.17, 15) is 18.0 Å². The molecule has 1 aromatic carbocycles. The molecular formula is C20H25F3N4O. The highest BCUT2D eigenvalue weighted by atomic mass is 19.4. The average molecular weight is 394 g/mol. The van der Waals surface area contributed by atoms with Crippen molar-refractivity contribution in [1.82, 2.24) is 14.5 Å². The fraction of sp³-hybridized carbons (Fsp3) is 0.500. The van der Waals surface area contributed by atoms with Crippen LogP contribution in [0.25, 0.3) is 0 Å². The van der Waals surface area contributed by atoms with Crippen molar-refractivity contribution in [3.63, 3.8) is 0 Å². The maximum atomic E-state index is 12.6. The Balaban J connectivity index is 1.44. The largest absolute Gasteiger partial charge is 0.416 e. The number of benzene rings is 1. The second-order valence-electron chi connectivity index (χ2n) is 7.36. The molecular weight excluding hydrogens is 369 g/mol. The van der Waals surface area contributed by atoms with Crippen LogP contribution in [0.4, 0.5) is 18.9 Å². The minimum Gasteiger partial charge on any atom is -0.337 e. The SMILES string of the molecule is Cn1ccnc1CN1CCCC(CCC(=O)Nc2ccc(C(F)(F)F)cc2)C1. The number of alkyl halides is 3. The predicted molar refractivity (Wildman–Crippen MR) is 101 cm³/mol. The van der Waals surface area contributed by atoms with E-state index in [0.29, 0.717) is 18.0 Å². The molecule has 0 spiro atoms. The van der Waals surface area contributed by atoms with Gasteiger partial charge >= 0.3 is 6.18 Å². The topological polar surface area (TPSA) is 50.2 Å². The number of nitrogens with zero attached hydrogens (tertiary/aromatic N) is 3. The number of rotatable bonds is 6. The number of carbonyl (C=O) groups excluding carboxylic acids is 1. The van der Waals surface area contributed by atoms with Gasteiger partial charge in [0.25, 0.3) is 0 Å². The van der Waals surface area contributed by atoms with E-state index in [-0.39, 0.29) is 5.91 Å². The second kappa shape index (κ2) is 8.77. The second-order valence-corrected chi connectivity index (χ2v) is 7.36. The Morgan fingerprint density at radius 1 is 1.29 bits per heavy atom. The van der Waals surface area contributed by atoms with Gasteiger partial charge in [-0.15, -0.1) is 0 Å². The van der Waals surface area contributed by atoms with E-state index in [2.05, 4.69) is 15.2 Å². The fourth-order valence-corrected chi connectivity index (χ4v) is 3.58. The van der Waals surface area contributed by atoms with Gasteiger partial charge in [-0.3, -0.25) is 9.69 Å². The molecule has 8 heteroatoms. The third-order valence-electron chi connectivity index (χ3n) is 5.16. The van der Waals surface area contributed by atoms with Gasteiger partial charge < -0.3 is 9.88 Å². The molecule has 2 aromatic rings. The molecule has 1 saturated heterocycles. The number of likely N-dealkylation sites (tertiary alicyclic amines) is 1. The molecule has 0 radical (unpaired) electrons. The summed E-state index contributed by atoms with van der Waals surface area (Å²) in [4.78, 5) is 18.9. The molecule has 1 unspecified atom stereocenters. The first-order valence-corrected chi connectivity index (χ1v) is 9.47. The number of carbonyl (C=O) groups is 1. The highest BCUT2D eigenvalue weighted by molar-refractivity contribution is 5.90. The van der Waals surface area contributed by atoms with Crippen LogP contribution in [0.2, 0.25) is 0 Å². The van der Waals surface area contributed by atoms with Gasteiger partial charge in [-0.25, -0.2) is 4.98 Å². The number of hydrogen-bond donors (Lipinski definition) is 1. The zero-order valence-corrected chi connectivity index (χ0v) is 15.9. The molecule has 1 fully saturated rings. The molecule has 1 atom stereocenters. The number of halogens is 3. The van der Waals surface area contributed by atoms with Crippen molar-refractivity contribution in [2.24, 2.45) is 13.0 Å². The molecule has 1 N–H and O–H groups in total. The first-order valence-electron chi connectivity index (χ1n) is 9.47. The summed E-state index contributed by atoms with van der Waals surface area (Å²) in [6.45, 7) is 2.76. The summed E-state index contributed by atoms with van der Waals surface area (Å²) in [6.07, 6.45) is 2.67. The lowest BCUT2D eigenvalue weighted by molar-refractivity contribution is -0.137. The highest BCUT2D eigenvalue weighted by Crippen LogP contribution is 2.30. The number of aromatic nitrogens is 2. The van der Waals surface area contributed by atoms with Crippen molar-refractivity contribution < 1.29 is 18.0 Å². The number of aryl methyl sites for hydroxylation is 1. The third kappa shape index (κ3) is 5.58. The maximum Gasteiger partial charge on any atom is 0.416 e. The first-order chi connectivity index (χ1) is 13.3. The Bertz CT molecular complexity index is 785. The Labute approximate surface area is 162 Å². The highest BCUT2D eigenvalue weighted by Gasteiger charge is 2.30. The molecule has 1 aromatic heterocycles. The summed E-state index contributed by atoms with van der Waals surface area (Å²) in [5.74, 6) is 1.30. The van der Waals surface area contributed by atoms with Gasteiger partial charge in [-0.2, -0.15) is 13.2 Å². The smallest absolute Gasteiger partial charge is 0.337 e. The molecule has 0 aliphatic carbocycles. The molecule has 3 rings (SSSR count). The lowest BCUT2D eigenvalue weighted by Crippen LogP contribution is -2.36. The van der Waals surface area contributed by atoms with Gasteiger partial charge in [0.15, 0.2) is 0 Å². The molecule has 0 bridgehead atoms. The van der Waals surface area contributed by atoms with Gasteiger partial charge in [-0.1, -0.05) is 0 Å². The van der Waals surface area contributed by atoms with Crippen LogP contribution in [0, 0.1) is 5.92 Å². The summed E-state index contributed by atoms with van der Waals surface area (Å²) in [6, 6.07) is 4.53. The molecule has 152 valence electrons. The normalized spacial score (nSPS) is 18.2. The minimum absolute atomic E-state index is 0.166. The van der Waals surface area contributed by atoms with Crippen LogP contribution in [0.5, 0.6) is 0 Å². The van der Waals surface area contributed by atoms with Crippen LogP contribution in [0.1, 0.15) is 37.1 Å². The summed E-state index contributed by atoms with van der Waals surface area (Å²) in [5, 5.41) is 2.68. The number of nitrogens with one attached hydrogen (secondary N) is 1. The molecule has 2 heterocycles. The van der Waals surface area contributed by atoms with Gasteiger partial charge in [-0.05, 0) is 56.0 Å². The number of anilines is 1. The zero-order valence-electron chi connectivity index (χ0n) is 15.9. The average Bonchev–Trinajstić information content (AvgIpc) is 3.05. The number of piperidine rings is 1. The number of amides is 1. The van der Waals surface area contributed by atoms with E-state index in [0.717, 1.165) is 56.9 Å². The van der Waals surface area contributed by atoms with Crippen molar-refractivity contribution in [2.75, 3.05) is 18.4 Å². The van der Waals surface area contributed by atoms with Crippen LogP contribution in [-0.4, -0.2) is 33.4 Å². The van der Waals surface area contributed by atoms with Crippen LogP contribution >= 0.6 is 0 Å². The van der Waals surface area contributed by atoms with Crippen molar-refractivity contribution in [3.8, 4) is 0 Å². The summed E-state index contributed by atoms with van der Waals surface area (Å²) >= 11 is 0. The zero-order chi connectivity index (χ0) is 20.1. The number of imidazole rings is 1. The predicted octanol–water partition coefficient (Wildman–Crippen LogP) is 4.07. The maximum absolute atomic E-state index is 12.6. The number of hydrogen-bond acceptors (Lipinski definition) is 3. The lowest BCUT2D eigenvalue weighted by atomic mass is 9.93. The first kappa shape index (κ1) is 20.4. The van der Waals surface area contributed by atoms with Crippen molar-refractivity contribution in [1.29, 1.82) is 0 Å². The van der Waals surface area contributed by atoms with Crippen molar-refractivity contribution in [3.05, 3.63) is 48.0 Å². The minimum atomic E-state index is -4.37. The monoisotopic (exact) mass is 394 g/mol. The van der Waals surface area contributed by atoms with E-state index in [1.54, 1.807) is 6.20 Å². The molecule has 0 saturated carbocycles. The summed E-state index contributed by atoms with van der Waals surface area (Å²) < 4.78 is 39.8. The van der Waals surface area contributed by atoms with Gasteiger partial charge in [0, 0.05) is 38.1 Å². The van der Waals surface area contributed by atoms with E-state index in [1.165, 1.54) is 12.1 Å². The van der Waals surface area contributed by atoms with Crippen molar-refractivity contribution >= 4 is 11.6 Å². The Morgan fingerprint density at radius 2 is 2.04 bits per heavy atom. The van der Waals surface area contributed by atoms with E-state index < -0.39 is 11.7 Å². The van der Waals surface area contributed by atoms with Gasteiger partial charge in [0.2, 0.25) is 5.91 Å². The Kier molecular flexibility index (Phi) is 6.39. The molecule has 1 aliphatic rings. The lowest BCUT2D eigenvalue weighted by Gasteiger charge is -2.32. The summed E-state index contributed by atoms with van der Waals surface area (Å²) in [5.41, 5.74) is -0.335. The van der Waals surface area contributed by atoms with Crippen LogP contribution < -0.4 is 5.32 Å². The van der Waals surface area contributed by atoms with E-state index in [4.69, 9.17) is 0 Å². The molecule has 1 amide bonds.